The van der Waals surface area contributed by atoms with E-state index in [4.69, 9.17) is 16.3 Å². The third-order valence-corrected chi connectivity index (χ3v) is 4.79. The Kier molecular flexibility index (Phi) is 5.40. The van der Waals surface area contributed by atoms with E-state index >= 15 is 0 Å². The highest BCUT2D eigenvalue weighted by atomic mass is 35.5. The minimum Gasteiger partial charge on any atom is -0.481 e. The lowest BCUT2D eigenvalue weighted by atomic mass is 10.1. The molecule has 0 saturated heterocycles. The van der Waals surface area contributed by atoms with Gasteiger partial charge in [-0.1, -0.05) is 60.1 Å². The van der Waals surface area contributed by atoms with E-state index < -0.39 is 6.10 Å². The van der Waals surface area contributed by atoms with Gasteiger partial charge in [0.1, 0.15) is 10.9 Å². The second kappa shape index (κ2) is 8.29. The number of ether oxygens (including phenoxy) is 1. The van der Waals surface area contributed by atoms with Gasteiger partial charge in [-0.05, 0) is 42.0 Å². The molecule has 144 valence electrons. The van der Waals surface area contributed by atoms with Crippen LogP contribution in [0.4, 0.5) is 0 Å². The van der Waals surface area contributed by atoms with Crippen LogP contribution in [0.25, 0.3) is 21.7 Å². The Bertz CT molecular complexity index is 1220. The fraction of sp³-hybridized carbons (Fsp3) is 0.0870. The number of carbonyl (C=O) groups is 1. The summed E-state index contributed by atoms with van der Waals surface area (Å²) in [5.41, 5.74) is 3.90. The Hall–Kier alpha value is -3.44. The first-order valence-electron chi connectivity index (χ1n) is 9.14. The van der Waals surface area contributed by atoms with Crippen LogP contribution in [0.5, 0.6) is 5.75 Å². The molecule has 4 aromatic rings. The zero-order valence-corrected chi connectivity index (χ0v) is 16.4. The van der Waals surface area contributed by atoms with Crippen molar-refractivity contribution in [2.24, 2.45) is 5.10 Å². The van der Waals surface area contributed by atoms with Crippen molar-refractivity contribution in [1.82, 2.24) is 10.4 Å². The van der Waals surface area contributed by atoms with Gasteiger partial charge in [-0.2, -0.15) is 5.10 Å². The number of rotatable bonds is 5. The highest BCUT2D eigenvalue weighted by molar-refractivity contribution is 6.32. The predicted molar refractivity (Wildman–Crippen MR) is 117 cm³/mol. The molecule has 0 aliphatic carbocycles. The second-order valence-corrected chi connectivity index (χ2v) is 6.92. The number of pyridine rings is 1. The van der Waals surface area contributed by atoms with Crippen LogP contribution >= 0.6 is 11.6 Å². The zero-order chi connectivity index (χ0) is 20.2. The molecule has 0 aliphatic rings. The Balaban J connectivity index is 1.41. The van der Waals surface area contributed by atoms with Crippen molar-refractivity contribution in [2.45, 2.75) is 13.0 Å². The van der Waals surface area contributed by atoms with Crippen molar-refractivity contribution in [3.63, 3.8) is 0 Å². The number of nitrogens with one attached hydrogen (secondary N) is 1. The van der Waals surface area contributed by atoms with Crippen molar-refractivity contribution in [3.8, 4) is 5.75 Å². The summed E-state index contributed by atoms with van der Waals surface area (Å²) in [6, 6.07) is 23.2. The smallest absolute Gasteiger partial charge is 0.280 e. The third-order valence-electron chi connectivity index (χ3n) is 4.49. The van der Waals surface area contributed by atoms with Gasteiger partial charge in [-0.15, -0.1) is 0 Å². The molecule has 1 amide bonds. The molecule has 29 heavy (non-hydrogen) atoms. The fourth-order valence-corrected chi connectivity index (χ4v) is 3.15. The summed E-state index contributed by atoms with van der Waals surface area (Å²) in [6.07, 6.45) is 0.765. The van der Waals surface area contributed by atoms with Crippen molar-refractivity contribution in [3.05, 3.63) is 83.5 Å². The lowest BCUT2D eigenvalue weighted by Crippen LogP contribution is -2.33. The number of fused-ring (bicyclic) bond motifs is 2. The summed E-state index contributed by atoms with van der Waals surface area (Å²) in [5, 5.41) is 7.42. The summed E-state index contributed by atoms with van der Waals surface area (Å²) >= 11 is 6.20. The highest BCUT2D eigenvalue weighted by Crippen LogP contribution is 2.21. The number of halogens is 1. The number of hydrogen-bond acceptors (Lipinski definition) is 4. The maximum Gasteiger partial charge on any atom is 0.280 e. The van der Waals surface area contributed by atoms with E-state index in [0.29, 0.717) is 16.5 Å². The molecule has 1 aromatic heterocycles. The Morgan fingerprint density at radius 2 is 1.76 bits per heavy atom. The number of para-hydroxylation sites is 1. The molecular weight excluding hydrogens is 386 g/mol. The van der Waals surface area contributed by atoms with Gasteiger partial charge in [0, 0.05) is 10.9 Å². The number of hydrogen-bond donors (Lipinski definition) is 1. The molecule has 0 spiro atoms. The average molecular weight is 404 g/mol. The second-order valence-electron chi connectivity index (χ2n) is 6.56. The molecule has 1 atom stereocenters. The minimum absolute atomic E-state index is 0.321. The molecule has 0 aliphatic heterocycles. The van der Waals surface area contributed by atoms with Gasteiger partial charge in [-0.25, -0.2) is 10.4 Å². The number of nitrogens with zero attached hydrogens (tertiary/aromatic N) is 2. The van der Waals surface area contributed by atoms with Gasteiger partial charge in [0.25, 0.3) is 5.91 Å². The standard InChI is InChI=1S/C23H18ClN3O2/c1-15(29-20-11-10-16-6-2-3-7-17(16)13-20)23(28)27-25-14-19-12-18-8-4-5-9-21(18)26-22(19)24/h2-15H,1H3,(H,27,28)/b25-14-/t15-/m0/s1. The van der Waals surface area contributed by atoms with Crippen LogP contribution < -0.4 is 10.2 Å². The van der Waals surface area contributed by atoms with Crippen LogP contribution in [0.1, 0.15) is 12.5 Å². The number of benzene rings is 3. The van der Waals surface area contributed by atoms with E-state index in [1.54, 1.807) is 6.92 Å². The van der Waals surface area contributed by atoms with Crippen molar-refractivity contribution in [1.29, 1.82) is 0 Å². The first-order chi connectivity index (χ1) is 14.1. The predicted octanol–water partition coefficient (Wildman–Crippen LogP) is 4.96. The van der Waals surface area contributed by atoms with E-state index in [0.717, 1.165) is 21.7 Å². The van der Waals surface area contributed by atoms with E-state index in [9.17, 15) is 4.79 Å². The summed E-state index contributed by atoms with van der Waals surface area (Å²) in [6.45, 7) is 1.67. The van der Waals surface area contributed by atoms with Crippen molar-refractivity contribution in [2.75, 3.05) is 0 Å². The summed E-state index contributed by atoms with van der Waals surface area (Å²) in [5.74, 6) is 0.261. The van der Waals surface area contributed by atoms with Gasteiger partial charge >= 0.3 is 0 Å². The molecule has 0 fully saturated rings. The number of hydrazone groups is 1. The van der Waals surface area contributed by atoms with Gasteiger partial charge in [0.2, 0.25) is 0 Å². The lowest BCUT2D eigenvalue weighted by molar-refractivity contribution is -0.127. The van der Waals surface area contributed by atoms with Crippen molar-refractivity contribution >= 4 is 45.4 Å². The summed E-state index contributed by atoms with van der Waals surface area (Å²) in [7, 11) is 0. The largest absolute Gasteiger partial charge is 0.481 e. The SMILES string of the molecule is C[C@H](Oc1ccc2ccccc2c1)C(=O)N/N=C\c1cc2ccccc2nc1Cl. The van der Waals surface area contributed by atoms with Gasteiger partial charge in [-0.3, -0.25) is 4.79 Å². The van der Waals surface area contributed by atoms with Crippen LogP contribution in [-0.2, 0) is 4.79 Å². The molecular formula is C23H18ClN3O2. The van der Waals surface area contributed by atoms with Crippen LogP contribution in [0.15, 0.2) is 77.9 Å². The normalized spacial score (nSPS) is 12.3. The van der Waals surface area contributed by atoms with E-state index in [1.807, 2.05) is 72.8 Å². The molecule has 3 aromatic carbocycles. The molecule has 1 heterocycles. The molecule has 4 rings (SSSR count). The Morgan fingerprint density at radius 3 is 2.59 bits per heavy atom. The van der Waals surface area contributed by atoms with E-state index in [-0.39, 0.29) is 5.91 Å². The molecule has 0 unspecified atom stereocenters. The van der Waals surface area contributed by atoms with Crippen molar-refractivity contribution < 1.29 is 9.53 Å². The highest BCUT2D eigenvalue weighted by Gasteiger charge is 2.14. The first kappa shape index (κ1) is 18.9. The quantitative estimate of drug-likeness (QED) is 0.291. The number of amides is 1. The van der Waals surface area contributed by atoms with Gasteiger partial charge < -0.3 is 4.74 Å². The maximum absolute atomic E-state index is 12.3. The van der Waals surface area contributed by atoms with Gasteiger partial charge in [0.15, 0.2) is 6.10 Å². The maximum atomic E-state index is 12.3. The number of aromatic nitrogens is 1. The minimum atomic E-state index is -0.710. The molecule has 5 nitrogen and oxygen atoms in total. The van der Waals surface area contributed by atoms with E-state index in [2.05, 4.69) is 15.5 Å². The van der Waals surface area contributed by atoms with Crippen LogP contribution in [0.3, 0.4) is 0 Å². The van der Waals surface area contributed by atoms with E-state index in [1.165, 1.54) is 6.21 Å². The molecule has 0 saturated carbocycles. The Morgan fingerprint density at radius 1 is 1.03 bits per heavy atom. The zero-order valence-electron chi connectivity index (χ0n) is 15.7. The summed E-state index contributed by atoms with van der Waals surface area (Å²) < 4.78 is 5.74. The molecule has 0 radical (unpaired) electrons. The Labute approximate surface area is 173 Å². The van der Waals surface area contributed by atoms with Crippen LogP contribution in [0.2, 0.25) is 5.15 Å². The van der Waals surface area contributed by atoms with Crippen LogP contribution in [-0.4, -0.2) is 23.2 Å². The molecule has 0 bridgehead atoms. The fourth-order valence-electron chi connectivity index (χ4n) is 2.95. The monoisotopic (exact) mass is 403 g/mol. The topological polar surface area (TPSA) is 63.6 Å². The van der Waals surface area contributed by atoms with Crippen LogP contribution in [0, 0.1) is 0 Å². The lowest BCUT2D eigenvalue weighted by Gasteiger charge is -2.13. The molecule has 1 N–H and O–H groups in total. The first-order valence-corrected chi connectivity index (χ1v) is 9.51. The van der Waals surface area contributed by atoms with Gasteiger partial charge in [0.05, 0.1) is 11.7 Å². The third kappa shape index (κ3) is 4.36. The average Bonchev–Trinajstić information content (AvgIpc) is 2.74. The molecule has 6 heteroatoms. The summed E-state index contributed by atoms with van der Waals surface area (Å²) in [4.78, 5) is 16.6. The number of carbonyl (C=O) groups excluding carboxylic acids is 1.